The zero-order valence-electron chi connectivity index (χ0n) is 21.2. The number of hydrogen-bond acceptors (Lipinski definition) is 2. The van der Waals surface area contributed by atoms with Gasteiger partial charge < -0.3 is 0 Å². The van der Waals surface area contributed by atoms with Crippen molar-refractivity contribution in [2.45, 2.75) is 12.4 Å². The molecular formula is C32H17ClF6N2Pt. The Morgan fingerprint density at radius 2 is 1.10 bits per heavy atom. The number of alkyl halides is 6. The molecule has 2 aromatic heterocycles. The van der Waals surface area contributed by atoms with Crippen LogP contribution < -0.4 is 0 Å². The number of rotatable bonds is 3. The van der Waals surface area contributed by atoms with E-state index in [1.165, 1.54) is 12.1 Å². The predicted octanol–water partition coefficient (Wildman–Crippen LogP) is 10.3. The second kappa shape index (κ2) is 11.9. The van der Waals surface area contributed by atoms with E-state index in [2.05, 4.69) is 20.5 Å². The SMILES string of the molecule is FC(F)(F)c1cc(-c2cc(-c3[c-]cc4ccccc4c3)nc(-c3cc4ccccc4cn3)c2)cc(C(F)(F)F)c1.[Cl][Pt+]. The number of aromatic nitrogens is 2. The molecule has 0 bridgehead atoms. The molecule has 2 heterocycles. The normalized spacial score (nSPS) is 11.8. The van der Waals surface area contributed by atoms with E-state index in [0.29, 0.717) is 22.6 Å². The number of nitrogens with zero attached hydrogens (tertiary/aromatic N) is 2. The van der Waals surface area contributed by atoms with Crippen LogP contribution in [0, 0.1) is 6.07 Å². The summed E-state index contributed by atoms with van der Waals surface area (Å²) < 4.78 is 81.9. The maximum atomic E-state index is 13.6. The number of pyridine rings is 2. The van der Waals surface area contributed by atoms with Crippen LogP contribution in [0.3, 0.4) is 0 Å². The molecule has 0 saturated heterocycles. The van der Waals surface area contributed by atoms with Gasteiger partial charge >= 0.3 is 40.5 Å². The summed E-state index contributed by atoms with van der Waals surface area (Å²) >= 11 is 1.61. The third-order valence-corrected chi connectivity index (χ3v) is 6.59. The molecule has 0 atom stereocenters. The number of hydrogen-bond donors (Lipinski definition) is 0. The van der Waals surface area contributed by atoms with E-state index in [9.17, 15) is 26.3 Å². The van der Waals surface area contributed by atoms with Gasteiger partial charge in [0.15, 0.2) is 0 Å². The molecule has 0 radical (unpaired) electrons. The summed E-state index contributed by atoms with van der Waals surface area (Å²) in [6.07, 6.45) is -8.30. The Balaban J connectivity index is 0.00000173. The molecule has 0 fully saturated rings. The number of halogens is 7. The summed E-state index contributed by atoms with van der Waals surface area (Å²) in [7, 11) is 4.61. The molecule has 0 amide bonds. The summed E-state index contributed by atoms with van der Waals surface area (Å²) in [6, 6.07) is 28.0. The molecule has 6 rings (SSSR count). The van der Waals surface area contributed by atoms with E-state index < -0.39 is 23.5 Å². The molecule has 214 valence electrons. The summed E-state index contributed by atoms with van der Waals surface area (Å²) in [5.74, 6) is 0. The van der Waals surface area contributed by atoms with Gasteiger partial charge in [-0.2, -0.15) is 26.3 Å². The Bertz CT molecular complexity index is 1770. The topological polar surface area (TPSA) is 25.8 Å². The van der Waals surface area contributed by atoms with Crippen LogP contribution in [-0.4, -0.2) is 9.97 Å². The molecule has 0 aliphatic carbocycles. The minimum atomic E-state index is -4.97. The van der Waals surface area contributed by atoms with Crippen LogP contribution in [0.4, 0.5) is 26.3 Å². The van der Waals surface area contributed by atoms with Gasteiger partial charge in [0.05, 0.1) is 22.5 Å². The Kier molecular flexibility index (Phi) is 8.40. The monoisotopic (exact) mass is 773 g/mol. The fourth-order valence-corrected chi connectivity index (χ4v) is 4.59. The van der Waals surface area contributed by atoms with Crippen molar-refractivity contribution in [2.75, 3.05) is 0 Å². The van der Waals surface area contributed by atoms with Gasteiger partial charge in [0, 0.05) is 11.6 Å². The quantitative estimate of drug-likeness (QED) is 0.132. The van der Waals surface area contributed by atoms with Crippen molar-refractivity contribution in [1.82, 2.24) is 9.97 Å². The standard InChI is InChI=1S/C32H17F6N2.ClH.Pt/c33-31(34,35)26-12-24(13-27(17-26)32(36,37)38)25-15-28(22-10-9-19-5-1-2-6-20(19)11-22)40-30(16-25)29-14-21-7-3-4-8-23(21)18-39-29;;/h1-9,11-18H;1H;/q-1;;+2/p-1. The predicted molar refractivity (Wildman–Crippen MR) is 148 cm³/mol. The van der Waals surface area contributed by atoms with Gasteiger partial charge in [-0.05, 0) is 52.5 Å². The molecule has 0 N–H and O–H groups in total. The van der Waals surface area contributed by atoms with Gasteiger partial charge in [0.1, 0.15) is 0 Å². The van der Waals surface area contributed by atoms with Crippen molar-refractivity contribution in [2.24, 2.45) is 0 Å². The molecule has 0 aliphatic rings. The van der Waals surface area contributed by atoms with Crippen LogP contribution in [0.15, 0.2) is 103 Å². The van der Waals surface area contributed by atoms with Crippen LogP contribution in [0.1, 0.15) is 11.1 Å². The summed E-state index contributed by atoms with van der Waals surface area (Å²) in [6.45, 7) is 0. The summed E-state index contributed by atoms with van der Waals surface area (Å²) in [5.41, 5.74) is -1.31. The summed E-state index contributed by atoms with van der Waals surface area (Å²) in [5, 5.41) is 3.54. The second-order valence-corrected chi connectivity index (χ2v) is 9.31. The van der Waals surface area contributed by atoms with Crippen LogP contribution >= 0.6 is 9.42 Å². The molecule has 42 heavy (non-hydrogen) atoms. The van der Waals surface area contributed by atoms with Gasteiger partial charge in [0.2, 0.25) is 0 Å². The van der Waals surface area contributed by atoms with Gasteiger partial charge in [-0.25, -0.2) is 0 Å². The molecule has 6 aromatic rings. The molecular weight excluding hydrogens is 757 g/mol. The van der Waals surface area contributed by atoms with Crippen LogP contribution in [0.5, 0.6) is 0 Å². The van der Waals surface area contributed by atoms with E-state index >= 15 is 0 Å². The minimum absolute atomic E-state index is 0.120. The fourth-order valence-electron chi connectivity index (χ4n) is 4.59. The zero-order valence-corrected chi connectivity index (χ0v) is 24.2. The first-order chi connectivity index (χ1) is 20.0. The summed E-state index contributed by atoms with van der Waals surface area (Å²) in [4.78, 5) is 9.19. The second-order valence-electron chi connectivity index (χ2n) is 9.31. The molecule has 0 unspecified atom stereocenters. The van der Waals surface area contributed by atoms with E-state index in [0.717, 1.165) is 33.7 Å². The Hall–Kier alpha value is -3.74. The van der Waals surface area contributed by atoms with Crippen molar-refractivity contribution in [3.8, 4) is 33.8 Å². The first kappa shape index (κ1) is 29.7. The molecule has 0 aliphatic heterocycles. The van der Waals surface area contributed by atoms with Crippen molar-refractivity contribution < 1.29 is 45.1 Å². The van der Waals surface area contributed by atoms with Gasteiger partial charge in [-0.1, -0.05) is 60.0 Å². The number of fused-ring (bicyclic) bond motifs is 2. The van der Waals surface area contributed by atoms with Crippen molar-refractivity contribution >= 4 is 31.0 Å². The first-order valence-electron chi connectivity index (χ1n) is 12.2. The maximum absolute atomic E-state index is 13.6. The van der Waals surface area contributed by atoms with Gasteiger partial charge in [-0.3, -0.25) is 9.97 Å². The van der Waals surface area contributed by atoms with E-state index in [-0.39, 0.29) is 17.2 Å². The molecule has 0 spiro atoms. The van der Waals surface area contributed by atoms with Gasteiger partial charge in [-0.15, -0.1) is 29.1 Å². The van der Waals surface area contributed by atoms with Crippen molar-refractivity contribution in [3.63, 3.8) is 0 Å². The first-order valence-corrected chi connectivity index (χ1v) is 15.1. The number of benzene rings is 4. The average molecular weight is 774 g/mol. The third-order valence-electron chi connectivity index (χ3n) is 6.59. The third kappa shape index (κ3) is 6.35. The fraction of sp³-hybridized carbons (Fsp3) is 0.0625. The van der Waals surface area contributed by atoms with E-state index in [1.54, 1.807) is 37.1 Å². The molecule has 0 saturated carbocycles. The molecule has 4 aromatic carbocycles. The van der Waals surface area contributed by atoms with E-state index in [1.807, 2.05) is 54.6 Å². The van der Waals surface area contributed by atoms with Crippen LogP contribution in [0.25, 0.3) is 55.3 Å². The van der Waals surface area contributed by atoms with Gasteiger partial charge in [0.25, 0.3) is 0 Å². The van der Waals surface area contributed by atoms with Crippen LogP contribution in [-0.2, 0) is 31.1 Å². The van der Waals surface area contributed by atoms with Crippen LogP contribution in [0.2, 0.25) is 0 Å². The average Bonchev–Trinajstić information content (AvgIpc) is 3.00. The zero-order chi connectivity index (χ0) is 30.1. The van der Waals surface area contributed by atoms with E-state index in [4.69, 9.17) is 4.98 Å². The van der Waals surface area contributed by atoms with Crippen molar-refractivity contribution in [3.05, 3.63) is 120 Å². The molecule has 2 nitrogen and oxygen atoms in total. The Morgan fingerprint density at radius 3 is 1.71 bits per heavy atom. The van der Waals surface area contributed by atoms with Crippen molar-refractivity contribution in [1.29, 1.82) is 0 Å². The Morgan fingerprint density at radius 1 is 0.571 bits per heavy atom. The molecule has 10 heteroatoms. The Labute approximate surface area is 251 Å².